The molecule has 0 aromatic carbocycles. The van der Waals surface area contributed by atoms with Crippen LogP contribution in [0.3, 0.4) is 0 Å². The number of nitrogens with zero attached hydrogens (tertiary/aromatic N) is 1. The Bertz CT molecular complexity index is 194. The van der Waals surface area contributed by atoms with E-state index in [0.29, 0.717) is 0 Å². The van der Waals surface area contributed by atoms with Crippen molar-refractivity contribution >= 4 is 12.4 Å². The zero-order chi connectivity index (χ0) is 8.10. The predicted molar refractivity (Wildman–Crippen MR) is 50.3 cm³/mol. The zero-order valence-corrected chi connectivity index (χ0v) is 7.60. The van der Waals surface area contributed by atoms with Gasteiger partial charge in [0.25, 0.3) is 0 Å². The van der Waals surface area contributed by atoms with Gasteiger partial charge in [-0.25, -0.2) is 4.36 Å². The van der Waals surface area contributed by atoms with Gasteiger partial charge in [-0.3, -0.25) is 0 Å². The largest absolute Gasteiger partial charge is 0.212 e. The SMILES string of the molecule is CCC(N=S)C1=CC=CCC1. The third-order valence-corrected chi connectivity index (χ3v) is 2.24. The molecule has 0 saturated heterocycles. The van der Waals surface area contributed by atoms with Crippen LogP contribution in [0.25, 0.3) is 0 Å². The fourth-order valence-corrected chi connectivity index (χ4v) is 1.59. The summed E-state index contributed by atoms with van der Waals surface area (Å²) in [5.74, 6) is 0. The van der Waals surface area contributed by atoms with Crippen molar-refractivity contribution in [3.8, 4) is 0 Å². The van der Waals surface area contributed by atoms with Gasteiger partial charge in [-0.1, -0.05) is 25.2 Å². The molecule has 1 unspecified atom stereocenters. The molecule has 2 heteroatoms. The molecular weight excluding hydrogens is 154 g/mol. The van der Waals surface area contributed by atoms with Gasteiger partial charge in [-0.15, -0.1) is 0 Å². The summed E-state index contributed by atoms with van der Waals surface area (Å²) in [6.07, 6.45) is 9.74. The Morgan fingerprint density at radius 1 is 1.73 bits per heavy atom. The molecule has 0 N–H and O–H groups in total. The normalized spacial score (nSPS) is 19.2. The minimum Gasteiger partial charge on any atom is -0.212 e. The van der Waals surface area contributed by atoms with Gasteiger partial charge in [-0.2, -0.15) is 0 Å². The first-order chi connectivity index (χ1) is 5.38. The molecule has 0 aliphatic heterocycles. The molecule has 0 aromatic heterocycles. The van der Waals surface area contributed by atoms with E-state index in [-0.39, 0.29) is 6.04 Å². The van der Waals surface area contributed by atoms with Gasteiger partial charge in [0.15, 0.2) is 0 Å². The monoisotopic (exact) mass is 167 g/mol. The highest BCUT2D eigenvalue weighted by molar-refractivity contribution is 7.47. The molecule has 0 amide bonds. The molecule has 1 aliphatic rings. The highest BCUT2D eigenvalue weighted by Crippen LogP contribution is 2.19. The molecule has 60 valence electrons. The van der Waals surface area contributed by atoms with Crippen LogP contribution in [0.5, 0.6) is 0 Å². The molecule has 0 spiro atoms. The molecule has 0 aromatic rings. The van der Waals surface area contributed by atoms with E-state index in [2.05, 4.69) is 29.5 Å². The smallest absolute Gasteiger partial charge is 0.0840 e. The molecule has 1 atom stereocenters. The van der Waals surface area contributed by atoms with Crippen molar-refractivity contribution in [2.45, 2.75) is 32.2 Å². The van der Waals surface area contributed by atoms with Crippen molar-refractivity contribution in [1.29, 1.82) is 0 Å². The van der Waals surface area contributed by atoms with Gasteiger partial charge in [-0.05, 0) is 24.8 Å². The molecule has 0 saturated carbocycles. The second-order valence-corrected chi connectivity index (χ2v) is 2.95. The van der Waals surface area contributed by atoms with E-state index in [1.54, 1.807) is 0 Å². The summed E-state index contributed by atoms with van der Waals surface area (Å²) in [7, 11) is 0. The fourth-order valence-electron chi connectivity index (χ4n) is 1.30. The Morgan fingerprint density at radius 2 is 2.55 bits per heavy atom. The summed E-state index contributed by atoms with van der Waals surface area (Å²) < 4.78 is 3.91. The molecule has 1 nitrogen and oxygen atoms in total. The highest BCUT2D eigenvalue weighted by atomic mass is 32.1. The first kappa shape index (κ1) is 8.60. The lowest BCUT2D eigenvalue weighted by Gasteiger charge is -2.13. The van der Waals surface area contributed by atoms with E-state index in [1.165, 1.54) is 5.57 Å². The Morgan fingerprint density at radius 3 is 3.00 bits per heavy atom. The van der Waals surface area contributed by atoms with Gasteiger partial charge in [0.1, 0.15) is 0 Å². The van der Waals surface area contributed by atoms with Crippen LogP contribution in [0.4, 0.5) is 0 Å². The minimum atomic E-state index is 0.287. The second kappa shape index (κ2) is 4.39. The molecule has 0 bridgehead atoms. The van der Waals surface area contributed by atoms with E-state index in [9.17, 15) is 0 Å². The van der Waals surface area contributed by atoms with Gasteiger partial charge < -0.3 is 0 Å². The lowest BCUT2D eigenvalue weighted by molar-refractivity contribution is 0.708. The van der Waals surface area contributed by atoms with Crippen LogP contribution < -0.4 is 0 Å². The molecule has 0 radical (unpaired) electrons. The van der Waals surface area contributed by atoms with Crippen molar-refractivity contribution in [2.24, 2.45) is 4.36 Å². The summed E-state index contributed by atoms with van der Waals surface area (Å²) in [5, 5.41) is 0. The van der Waals surface area contributed by atoms with E-state index in [0.717, 1.165) is 19.3 Å². The standard InChI is InChI=1S/C9H13NS/c1-2-9(10-11)8-6-4-3-5-7-8/h3-4,6,9H,2,5,7H2,1H3. The van der Waals surface area contributed by atoms with Gasteiger partial charge in [0.05, 0.1) is 6.04 Å². The van der Waals surface area contributed by atoms with Gasteiger partial charge in [0, 0.05) is 12.4 Å². The number of rotatable bonds is 3. The predicted octanol–water partition coefficient (Wildman–Crippen LogP) is 2.77. The first-order valence-corrected chi connectivity index (χ1v) is 4.43. The quantitative estimate of drug-likeness (QED) is 0.629. The Balaban J connectivity index is 2.63. The zero-order valence-electron chi connectivity index (χ0n) is 6.79. The van der Waals surface area contributed by atoms with Crippen LogP contribution in [0.15, 0.2) is 28.2 Å². The van der Waals surface area contributed by atoms with E-state index < -0.39 is 0 Å². The van der Waals surface area contributed by atoms with Gasteiger partial charge >= 0.3 is 0 Å². The van der Waals surface area contributed by atoms with E-state index in [1.807, 2.05) is 0 Å². The summed E-state index contributed by atoms with van der Waals surface area (Å²) in [6.45, 7) is 2.12. The number of allylic oxidation sites excluding steroid dienone is 3. The Hall–Kier alpha value is -0.500. The number of hydrogen-bond acceptors (Lipinski definition) is 2. The van der Waals surface area contributed by atoms with Crippen molar-refractivity contribution in [2.75, 3.05) is 0 Å². The third-order valence-electron chi connectivity index (χ3n) is 1.99. The molecular formula is C9H13NS. The molecule has 0 heterocycles. The van der Waals surface area contributed by atoms with E-state index >= 15 is 0 Å². The second-order valence-electron chi connectivity index (χ2n) is 2.74. The van der Waals surface area contributed by atoms with Crippen molar-refractivity contribution in [3.63, 3.8) is 0 Å². The summed E-state index contributed by atoms with van der Waals surface area (Å²) >= 11 is 4.71. The lowest BCUT2D eigenvalue weighted by Crippen LogP contribution is -2.06. The maximum atomic E-state index is 4.71. The van der Waals surface area contributed by atoms with Crippen LogP contribution in [-0.2, 0) is 12.4 Å². The van der Waals surface area contributed by atoms with Crippen molar-refractivity contribution in [1.82, 2.24) is 0 Å². The van der Waals surface area contributed by atoms with Crippen LogP contribution in [0.1, 0.15) is 26.2 Å². The fraction of sp³-hybridized carbons (Fsp3) is 0.556. The average Bonchev–Trinajstić information content (AvgIpc) is 2.09. The molecule has 1 aliphatic carbocycles. The number of hydrogen-bond donors (Lipinski definition) is 0. The topological polar surface area (TPSA) is 12.4 Å². The third kappa shape index (κ3) is 2.22. The summed E-state index contributed by atoms with van der Waals surface area (Å²) in [5.41, 5.74) is 1.39. The Kier molecular flexibility index (Phi) is 3.43. The highest BCUT2D eigenvalue weighted by Gasteiger charge is 2.10. The lowest BCUT2D eigenvalue weighted by atomic mass is 9.97. The maximum Gasteiger partial charge on any atom is 0.0840 e. The van der Waals surface area contributed by atoms with Gasteiger partial charge in [0.2, 0.25) is 0 Å². The van der Waals surface area contributed by atoms with Crippen LogP contribution in [0.2, 0.25) is 0 Å². The summed E-state index contributed by atoms with van der Waals surface area (Å²) in [4.78, 5) is 0. The van der Waals surface area contributed by atoms with Crippen LogP contribution in [0, 0.1) is 0 Å². The van der Waals surface area contributed by atoms with Crippen molar-refractivity contribution in [3.05, 3.63) is 23.8 Å². The molecule has 11 heavy (non-hydrogen) atoms. The van der Waals surface area contributed by atoms with Crippen LogP contribution in [-0.4, -0.2) is 6.04 Å². The molecule has 1 rings (SSSR count). The van der Waals surface area contributed by atoms with E-state index in [4.69, 9.17) is 12.4 Å². The van der Waals surface area contributed by atoms with Crippen molar-refractivity contribution < 1.29 is 0 Å². The maximum absolute atomic E-state index is 4.71. The average molecular weight is 167 g/mol. The minimum absolute atomic E-state index is 0.287. The van der Waals surface area contributed by atoms with Crippen LogP contribution >= 0.6 is 0 Å². The Labute approximate surface area is 73.4 Å². The summed E-state index contributed by atoms with van der Waals surface area (Å²) in [6, 6.07) is 0.287. The molecule has 0 fully saturated rings. The first-order valence-electron chi connectivity index (χ1n) is 4.06.